The third-order valence-electron chi connectivity index (χ3n) is 2.60. The Labute approximate surface area is 129 Å². The van der Waals surface area contributed by atoms with Crippen molar-refractivity contribution >= 4 is 52.2 Å². The molecule has 0 aromatic heterocycles. The fraction of sp³-hybridized carbons (Fsp3) is 0.0769. The summed E-state index contributed by atoms with van der Waals surface area (Å²) in [5.41, 5.74) is 0.635. The zero-order valence-electron chi connectivity index (χ0n) is 10.5. The fourth-order valence-corrected chi connectivity index (χ4v) is 2.94. The van der Waals surface area contributed by atoms with Crippen LogP contribution in [-0.4, -0.2) is 43.8 Å². The van der Waals surface area contributed by atoms with Crippen molar-refractivity contribution in [3.63, 3.8) is 0 Å². The van der Waals surface area contributed by atoms with Gasteiger partial charge in [-0.2, -0.15) is 0 Å². The lowest BCUT2D eigenvalue weighted by Crippen LogP contribution is -2.33. The summed E-state index contributed by atoms with van der Waals surface area (Å²) in [6.45, 7) is -0.489. The third kappa shape index (κ3) is 3.47. The monoisotopic (exact) mass is 323 g/mol. The van der Waals surface area contributed by atoms with Gasteiger partial charge >= 0.3 is 11.9 Å². The molecule has 0 unspecified atom stereocenters. The number of hydrogen-bond donors (Lipinski definition) is 2. The molecule has 0 atom stereocenters. The number of thioether (sulfide) groups is 1. The molecule has 2 N–H and O–H groups in total. The molecule has 108 valence electrons. The highest BCUT2D eigenvalue weighted by Crippen LogP contribution is 2.32. The molecule has 1 aliphatic rings. The molecule has 1 aromatic rings. The summed E-state index contributed by atoms with van der Waals surface area (Å²) in [5.74, 6) is -2.71. The van der Waals surface area contributed by atoms with Crippen LogP contribution in [0.3, 0.4) is 0 Å². The second-order valence-corrected chi connectivity index (χ2v) is 5.77. The Morgan fingerprint density at radius 3 is 2.67 bits per heavy atom. The molecular weight excluding hydrogens is 314 g/mol. The standard InChI is InChI=1S/C13H9NO5S2/c15-10(16)6-14-11(17)9(21-13(14)20)5-7-2-1-3-8(4-7)12(18)19/h1-5H,6H2,(H,15,16)(H,18,19). The minimum absolute atomic E-state index is 0.102. The first kappa shape index (κ1) is 15.2. The number of nitrogens with zero attached hydrogens (tertiary/aromatic N) is 1. The molecule has 1 aliphatic heterocycles. The van der Waals surface area contributed by atoms with Gasteiger partial charge in [-0.05, 0) is 23.8 Å². The van der Waals surface area contributed by atoms with Gasteiger partial charge in [-0.3, -0.25) is 14.5 Å². The molecule has 0 radical (unpaired) electrons. The average molecular weight is 323 g/mol. The van der Waals surface area contributed by atoms with Gasteiger partial charge in [-0.25, -0.2) is 4.79 Å². The minimum atomic E-state index is -1.15. The number of thiocarbonyl (C=S) groups is 1. The number of carbonyl (C=O) groups excluding carboxylic acids is 1. The number of carboxylic acid groups (broad SMARTS) is 2. The number of benzene rings is 1. The largest absolute Gasteiger partial charge is 0.480 e. The quantitative estimate of drug-likeness (QED) is 0.643. The maximum atomic E-state index is 12.0. The van der Waals surface area contributed by atoms with Gasteiger partial charge in [0, 0.05) is 0 Å². The maximum Gasteiger partial charge on any atom is 0.335 e. The summed E-state index contributed by atoms with van der Waals surface area (Å²) in [6, 6.07) is 6.07. The first-order valence-corrected chi connectivity index (χ1v) is 6.91. The summed E-state index contributed by atoms with van der Waals surface area (Å²) in [5, 5.41) is 17.7. The van der Waals surface area contributed by atoms with Crippen molar-refractivity contribution in [2.45, 2.75) is 0 Å². The molecule has 0 bridgehead atoms. The normalized spacial score (nSPS) is 16.6. The first-order chi connectivity index (χ1) is 9.88. The molecule has 1 aromatic carbocycles. The Balaban J connectivity index is 2.28. The second-order valence-electron chi connectivity index (χ2n) is 4.09. The number of aromatic carboxylic acids is 1. The van der Waals surface area contributed by atoms with Gasteiger partial charge < -0.3 is 10.2 Å². The highest BCUT2D eigenvalue weighted by atomic mass is 32.2. The van der Waals surface area contributed by atoms with Crippen LogP contribution in [0.1, 0.15) is 15.9 Å². The van der Waals surface area contributed by atoms with E-state index in [1.54, 1.807) is 12.1 Å². The van der Waals surface area contributed by atoms with E-state index < -0.39 is 24.4 Å². The van der Waals surface area contributed by atoms with E-state index in [9.17, 15) is 14.4 Å². The molecule has 21 heavy (non-hydrogen) atoms. The smallest absolute Gasteiger partial charge is 0.335 e. The Morgan fingerprint density at radius 1 is 1.33 bits per heavy atom. The van der Waals surface area contributed by atoms with Crippen LogP contribution >= 0.6 is 24.0 Å². The van der Waals surface area contributed by atoms with Crippen LogP contribution < -0.4 is 0 Å². The molecular formula is C13H9NO5S2. The van der Waals surface area contributed by atoms with Crippen LogP contribution in [0.25, 0.3) is 6.08 Å². The molecule has 0 saturated carbocycles. The molecule has 1 saturated heterocycles. The number of carboxylic acids is 2. The van der Waals surface area contributed by atoms with Gasteiger partial charge in [-0.15, -0.1) is 0 Å². The topological polar surface area (TPSA) is 94.9 Å². The van der Waals surface area contributed by atoms with E-state index >= 15 is 0 Å². The summed E-state index contributed by atoms with van der Waals surface area (Å²) in [6.07, 6.45) is 1.49. The second kappa shape index (κ2) is 6.06. The zero-order valence-corrected chi connectivity index (χ0v) is 12.1. The lowest BCUT2D eigenvalue weighted by molar-refractivity contribution is -0.140. The van der Waals surface area contributed by atoms with Crippen molar-refractivity contribution in [3.05, 3.63) is 40.3 Å². The fourth-order valence-electron chi connectivity index (χ4n) is 1.68. The van der Waals surface area contributed by atoms with E-state index in [2.05, 4.69) is 0 Å². The van der Waals surface area contributed by atoms with Crippen LogP contribution in [0.5, 0.6) is 0 Å². The lowest BCUT2D eigenvalue weighted by atomic mass is 10.1. The molecule has 1 amide bonds. The van der Waals surface area contributed by atoms with Crippen molar-refractivity contribution in [1.29, 1.82) is 0 Å². The Bertz CT molecular complexity index is 683. The highest BCUT2D eigenvalue weighted by Gasteiger charge is 2.33. The number of hydrogen-bond acceptors (Lipinski definition) is 5. The van der Waals surface area contributed by atoms with Crippen molar-refractivity contribution in [3.8, 4) is 0 Å². The molecule has 1 fully saturated rings. The lowest BCUT2D eigenvalue weighted by Gasteiger charge is -2.10. The molecule has 0 spiro atoms. The highest BCUT2D eigenvalue weighted by molar-refractivity contribution is 8.26. The van der Waals surface area contributed by atoms with Gasteiger partial charge in [0.1, 0.15) is 10.9 Å². The summed E-state index contributed by atoms with van der Waals surface area (Å²) in [7, 11) is 0. The molecule has 6 nitrogen and oxygen atoms in total. The summed E-state index contributed by atoms with van der Waals surface area (Å²) < 4.78 is 0.169. The number of carbonyl (C=O) groups is 3. The van der Waals surface area contributed by atoms with Crippen LogP contribution in [0.4, 0.5) is 0 Å². The van der Waals surface area contributed by atoms with E-state index in [-0.39, 0.29) is 14.8 Å². The van der Waals surface area contributed by atoms with Crippen molar-refractivity contribution in [2.75, 3.05) is 6.54 Å². The van der Waals surface area contributed by atoms with Gasteiger partial charge in [-0.1, -0.05) is 36.1 Å². The Hall–Kier alpha value is -2.19. The van der Waals surface area contributed by atoms with Gasteiger partial charge in [0.05, 0.1) is 10.5 Å². The molecule has 2 rings (SSSR count). The van der Waals surface area contributed by atoms with Gasteiger partial charge in [0.15, 0.2) is 0 Å². The van der Waals surface area contributed by atoms with Crippen molar-refractivity contribution in [1.82, 2.24) is 4.90 Å². The number of aliphatic carboxylic acids is 1. The SMILES string of the molecule is O=C(O)CN1C(=O)C(=Cc2cccc(C(=O)O)c2)SC1=S. The van der Waals surface area contributed by atoms with Gasteiger partial charge in [0.2, 0.25) is 0 Å². The van der Waals surface area contributed by atoms with Crippen LogP contribution in [-0.2, 0) is 9.59 Å². The van der Waals surface area contributed by atoms with Crippen LogP contribution in [0.15, 0.2) is 29.2 Å². The Kier molecular flexibility index (Phi) is 4.39. The number of rotatable bonds is 4. The maximum absolute atomic E-state index is 12.0. The first-order valence-electron chi connectivity index (χ1n) is 5.69. The molecule has 0 aliphatic carbocycles. The van der Waals surface area contributed by atoms with Gasteiger partial charge in [0.25, 0.3) is 5.91 Å². The predicted octanol–water partition coefficient (Wildman–Crippen LogP) is 1.67. The molecule has 8 heteroatoms. The Morgan fingerprint density at radius 2 is 2.05 bits per heavy atom. The number of amides is 1. The third-order valence-corrected chi connectivity index (χ3v) is 3.98. The average Bonchev–Trinajstić information content (AvgIpc) is 2.66. The van der Waals surface area contributed by atoms with E-state index in [4.69, 9.17) is 22.4 Å². The van der Waals surface area contributed by atoms with Crippen LogP contribution in [0, 0.1) is 0 Å². The van der Waals surface area contributed by atoms with Crippen molar-refractivity contribution < 1.29 is 24.6 Å². The summed E-state index contributed by atoms with van der Waals surface area (Å²) >= 11 is 5.96. The predicted molar refractivity (Wildman–Crippen MR) is 80.9 cm³/mol. The van der Waals surface area contributed by atoms with Crippen molar-refractivity contribution in [2.24, 2.45) is 0 Å². The van der Waals surface area contributed by atoms with Crippen LogP contribution in [0.2, 0.25) is 0 Å². The van der Waals surface area contributed by atoms with E-state index in [0.717, 1.165) is 16.7 Å². The van der Waals surface area contributed by atoms with E-state index in [0.29, 0.717) is 5.56 Å². The molecule has 1 heterocycles. The minimum Gasteiger partial charge on any atom is -0.480 e. The summed E-state index contributed by atoms with van der Waals surface area (Å²) in [4.78, 5) is 34.9. The van der Waals surface area contributed by atoms with E-state index in [1.807, 2.05) is 0 Å². The zero-order chi connectivity index (χ0) is 15.6. The van der Waals surface area contributed by atoms with E-state index in [1.165, 1.54) is 18.2 Å².